The molecular weight excluding hydrogens is 329 g/mol. The second-order valence-corrected chi connectivity index (χ2v) is 7.92. The fraction of sp³-hybridized carbons (Fsp3) is 0.632. The van der Waals surface area contributed by atoms with Gasteiger partial charge in [-0.2, -0.15) is 0 Å². The van der Waals surface area contributed by atoms with Gasteiger partial charge < -0.3 is 10.1 Å². The zero-order valence-electron chi connectivity index (χ0n) is 14.9. The highest BCUT2D eigenvalue weighted by molar-refractivity contribution is 6.30. The van der Waals surface area contributed by atoms with Gasteiger partial charge in [-0.15, -0.1) is 0 Å². The van der Waals surface area contributed by atoms with E-state index in [9.17, 15) is 9.18 Å². The third kappa shape index (κ3) is 5.18. The number of benzene rings is 1. The van der Waals surface area contributed by atoms with Crippen LogP contribution in [0, 0.1) is 5.82 Å². The summed E-state index contributed by atoms with van der Waals surface area (Å²) in [5.74, 6) is -0.563. The number of hydrogen-bond donors (Lipinski definition) is 1. The van der Waals surface area contributed by atoms with Crippen molar-refractivity contribution < 1.29 is 13.9 Å². The predicted octanol–water partition coefficient (Wildman–Crippen LogP) is 4.44. The zero-order chi connectivity index (χ0) is 17.9. The number of esters is 1. The number of carbonyl (C=O) groups is 1. The van der Waals surface area contributed by atoms with Gasteiger partial charge in [0, 0.05) is 6.04 Å². The standard InChI is InChI=1S/C19H27ClFNO2/c1-5-6-17(18(23)24-19(2,3)4)22-14-8-7-12-11-16(21)15(20)10-13(12)9-14/h10-11,14,17,22H,5-9H2,1-4H3. The van der Waals surface area contributed by atoms with E-state index in [-0.39, 0.29) is 28.9 Å². The van der Waals surface area contributed by atoms with Crippen LogP contribution in [-0.2, 0) is 22.4 Å². The molecule has 1 N–H and O–H groups in total. The molecule has 0 bridgehead atoms. The van der Waals surface area contributed by atoms with Gasteiger partial charge in [0.15, 0.2) is 0 Å². The van der Waals surface area contributed by atoms with E-state index in [0.717, 1.165) is 43.2 Å². The minimum atomic E-state index is -0.491. The summed E-state index contributed by atoms with van der Waals surface area (Å²) in [6.07, 6.45) is 4.05. The van der Waals surface area contributed by atoms with Crippen molar-refractivity contribution in [3.05, 3.63) is 34.1 Å². The van der Waals surface area contributed by atoms with Crippen LogP contribution in [0.25, 0.3) is 0 Å². The second-order valence-electron chi connectivity index (χ2n) is 7.52. The molecule has 1 aliphatic rings. The second kappa shape index (κ2) is 7.83. The maximum absolute atomic E-state index is 13.6. The van der Waals surface area contributed by atoms with Crippen LogP contribution in [-0.4, -0.2) is 23.7 Å². The van der Waals surface area contributed by atoms with Crippen molar-refractivity contribution >= 4 is 17.6 Å². The number of hydrogen-bond acceptors (Lipinski definition) is 3. The first-order chi connectivity index (χ1) is 11.2. The number of ether oxygens (including phenoxy) is 1. The smallest absolute Gasteiger partial charge is 0.323 e. The molecule has 2 atom stereocenters. The molecule has 0 spiro atoms. The SMILES string of the molecule is CCCC(NC1CCc2cc(F)c(Cl)cc2C1)C(=O)OC(C)(C)C. The first-order valence-electron chi connectivity index (χ1n) is 8.65. The summed E-state index contributed by atoms with van der Waals surface area (Å²) in [7, 11) is 0. The quantitative estimate of drug-likeness (QED) is 0.794. The Kier molecular flexibility index (Phi) is 6.27. The molecule has 0 amide bonds. The van der Waals surface area contributed by atoms with Gasteiger partial charge in [0.25, 0.3) is 0 Å². The highest BCUT2D eigenvalue weighted by atomic mass is 35.5. The van der Waals surface area contributed by atoms with Crippen LogP contribution in [0.1, 0.15) is 58.1 Å². The first kappa shape index (κ1) is 19.2. The number of aryl methyl sites for hydroxylation is 1. The molecule has 134 valence electrons. The molecule has 3 nitrogen and oxygen atoms in total. The van der Waals surface area contributed by atoms with E-state index in [0.29, 0.717) is 0 Å². The lowest BCUT2D eigenvalue weighted by Crippen LogP contribution is -2.47. The van der Waals surface area contributed by atoms with Crippen molar-refractivity contribution in [1.82, 2.24) is 5.32 Å². The lowest BCUT2D eigenvalue weighted by Gasteiger charge is -2.31. The minimum Gasteiger partial charge on any atom is -0.459 e. The Labute approximate surface area is 148 Å². The van der Waals surface area contributed by atoms with Gasteiger partial charge in [-0.3, -0.25) is 4.79 Å². The minimum absolute atomic E-state index is 0.159. The summed E-state index contributed by atoms with van der Waals surface area (Å²) in [5.41, 5.74) is 1.58. The van der Waals surface area contributed by atoms with Crippen molar-refractivity contribution in [3.8, 4) is 0 Å². The molecule has 1 aliphatic carbocycles. The van der Waals surface area contributed by atoms with E-state index in [2.05, 4.69) is 12.2 Å². The Morgan fingerprint density at radius 1 is 1.42 bits per heavy atom. The Bertz CT molecular complexity index is 598. The van der Waals surface area contributed by atoms with Crippen molar-refractivity contribution in [2.45, 2.75) is 77.5 Å². The first-order valence-corrected chi connectivity index (χ1v) is 9.03. The average molecular weight is 356 g/mol. The molecule has 0 heterocycles. The summed E-state index contributed by atoms with van der Waals surface area (Å²) in [6, 6.07) is 3.10. The molecule has 0 saturated carbocycles. The van der Waals surface area contributed by atoms with Gasteiger partial charge in [0.2, 0.25) is 0 Å². The lowest BCUT2D eigenvalue weighted by molar-refractivity contribution is -0.158. The van der Waals surface area contributed by atoms with Crippen molar-refractivity contribution in [1.29, 1.82) is 0 Å². The molecule has 2 unspecified atom stereocenters. The maximum Gasteiger partial charge on any atom is 0.323 e. The third-order valence-electron chi connectivity index (χ3n) is 4.18. The lowest BCUT2D eigenvalue weighted by atomic mass is 9.87. The molecule has 1 aromatic rings. The Balaban J connectivity index is 2.05. The number of carbonyl (C=O) groups excluding carboxylic acids is 1. The van der Waals surface area contributed by atoms with Gasteiger partial charge in [-0.1, -0.05) is 24.9 Å². The van der Waals surface area contributed by atoms with Gasteiger partial charge in [-0.05, 0) is 69.7 Å². The summed E-state index contributed by atoms with van der Waals surface area (Å²) in [5, 5.41) is 3.60. The summed E-state index contributed by atoms with van der Waals surface area (Å²) in [4.78, 5) is 12.4. The third-order valence-corrected chi connectivity index (χ3v) is 4.47. The topological polar surface area (TPSA) is 38.3 Å². The van der Waals surface area contributed by atoms with E-state index in [1.54, 1.807) is 6.07 Å². The van der Waals surface area contributed by atoms with E-state index in [1.807, 2.05) is 20.8 Å². The number of nitrogens with one attached hydrogen (secondary N) is 1. The van der Waals surface area contributed by atoms with Crippen LogP contribution < -0.4 is 5.32 Å². The largest absolute Gasteiger partial charge is 0.459 e. The number of halogens is 2. The Morgan fingerprint density at radius 2 is 2.12 bits per heavy atom. The molecule has 0 saturated heterocycles. The maximum atomic E-state index is 13.6. The van der Waals surface area contributed by atoms with Gasteiger partial charge in [0.1, 0.15) is 17.5 Å². The summed E-state index contributed by atoms with van der Waals surface area (Å²) < 4.78 is 19.1. The summed E-state index contributed by atoms with van der Waals surface area (Å²) >= 11 is 5.90. The Hall–Kier alpha value is -1.13. The average Bonchev–Trinajstić information content (AvgIpc) is 2.46. The van der Waals surface area contributed by atoms with E-state index in [1.165, 1.54) is 6.07 Å². The van der Waals surface area contributed by atoms with Crippen molar-refractivity contribution in [3.63, 3.8) is 0 Å². The molecule has 2 rings (SSSR count). The van der Waals surface area contributed by atoms with Crippen molar-refractivity contribution in [2.24, 2.45) is 0 Å². The van der Waals surface area contributed by atoms with Crippen LogP contribution in [0.2, 0.25) is 5.02 Å². The highest BCUT2D eigenvalue weighted by Gasteiger charge is 2.28. The molecule has 5 heteroatoms. The molecule has 1 aromatic carbocycles. The molecule has 0 aliphatic heterocycles. The van der Waals surface area contributed by atoms with Crippen LogP contribution in [0.3, 0.4) is 0 Å². The van der Waals surface area contributed by atoms with E-state index in [4.69, 9.17) is 16.3 Å². The van der Waals surface area contributed by atoms with Crippen LogP contribution in [0.4, 0.5) is 4.39 Å². The van der Waals surface area contributed by atoms with Crippen LogP contribution in [0.15, 0.2) is 12.1 Å². The van der Waals surface area contributed by atoms with Gasteiger partial charge in [-0.25, -0.2) is 4.39 Å². The monoisotopic (exact) mass is 355 g/mol. The van der Waals surface area contributed by atoms with Gasteiger partial charge in [0.05, 0.1) is 5.02 Å². The normalized spacial score (nSPS) is 18.8. The zero-order valence-corrected chi connectivity index (χ0v) is 15.7. The highest BCUT2D eigenvalue weighted by Crippen LogP contribution is 2.27. The molecule has 0 radical (unpaired) electrons. The number of rotatable bonds is 5. The number of fused-ring (bicyclic) bond motifs is 1. The fourth-order valence-electron chi connectivity index (χ4n) is 3.11. The summed E-state index contributed by atoms with van der Waals surface area (Å²) in [6.45, 7) is 7.68. The molecular formula is C19H27ClFNO2. The van der Waals surface area contributed by atoms with E-state index < -0.39 is 5.60 Å². The molecule has 0 fully saturated rings. The van der Waals surface area contributed by atoms with Crippen LogP contribution >= 0.6 is 11.6 Å². The van der Waals surface area contributed by atoms with Crippen molar-refractivity contribution in [2.75, 3.05) is 0 Å². The predicted molar refractivity (Wildman–Crippen MR) is 94.9 cm³/mol. The van der Waals surface area contributed by atoms with E-state index >= 15 is 0 Å². The van der Waals surface area contributed by atoms with Gasteiger partial charge >= 0.3 is 5.97 Å². The van der Waals surface area contributed by atoms with Crippen LogP contribution in [0.5, 0.6) is 0 Å². The Morgan fingerprint density at radius 3 is 2.75 bits per heavy atom. The fourth-order valence-corrected chi connectivity index (χ4v) is 3.29. The molecule has 24 heavy (non-hydrogen) atoms. The molecule has 0 aromatic heterocycles.